The second-order valence-corrected chi connectivity index (χ2v) is 19.9. The van der Waals surface area contributed by atoms with Gasteiger partial charge in [-0.05, 0) is 83.9 Å². The van der Waals surface area contributed by atoms with Crippen LogP contribution in [0.15, 0.2) is 22.8 Å². The van der Waals surface area contributed by atoms with E-state index < -0.39 is 8.32 Å². The molecule has 13 heteroatoms. The quantitative estimate of drug-likeness (QED) is 0.261. The van der Waals surface area contributed by atoms with E-state index in [9.17, 15) is 0 Å². The average Bonchev–Trinajstić information content (AvgIpc) is 3.73. The van der Waals surface area contributed by atoms with Gasteiger partial charge in [0.05, 0.1) is 36.1 Å². The molecule has 0 saturated carbocycles. The van der Waals surface area contributed by atoms with Gasteiger partial charge in [-0.3, -0.25) is 9.55 Å². The van der Waals surface area contributed by atoms with E-state index >= 15 is 0 Å². The largest absolute Gasteiger partial charge is 0.456 e. The van der Waals surface area contributed by atoms with Gasteiger partial charge in [0.15, 0.2) is 20.1 Å². The van der Waals surface area contributed by atoms with Gasteiger partial charge in [-0.2, -0.15) is 4.98 Å². The number of halogens is 2. The molecule has 6 atom stereocenters. The molecule has 3 aliphatic heterocycles. The maximum absolute atomic E-state index is 6.80. The van der Waals surface area contributed by atoms with Crippen LogP contribution in [0.25, 0.3) is 11.2 Å². The molecule has 7 rings (SSSR count). The van der Waals surface area contributed by atoms with Gasteiger partial charge in [0, 0.05) is 17.3 Å². The summed E-state index contributed by atoms with van der Waals surface area (Å²) in [6, 6.07) is 4.45. The van der Waals surface area contributed by atoms with E-state index in [1.54, 1.807) is 0 Å². The number of aryl methyl sites for hydroxylation is 1. The Kier molecular flexibility index (Phi) is 8.25. The van der Waals surface area contributed by atoms with Crippen molar-refractivity contribution in [3.8, 4) is 6.01 Å². The second kappa shape index (κ2) is 11.8. The molecule has 0 radical (unpaired) electrons. The highest BCUT2D eigenvalue weighted by Crippen LogP contribution is 2.42. The molecule has 1 N–H and O–H groups in total. The standard InChI is InChI=1S/C31H41BrClN5O5Si/c1-31(2,3)44(4,5)43-23-16-41-26-22(15-40-27(23)26)42-30-36-21-13-19(33)28(37-29(21)38(30)24-8-6-7-11-39-24)35-20-10-9-17-12-18(32)14-34-25(17)20/h12-14,20,22-24,26-27H,6-11,15-16H2,1-5H3,(H,35,37)/t20?,22-,23-,24?,26-,27-/m1/s1. The van der Waals surface area contributed by atoms with Crippen molar-refractivity contribution >= 4 is 52.8 Å². The van der Waals surface area contributed by atoms with Crippen LogP contribution >= 0.6 is 27.5 Å². The predicted molar refractivity (Wildman–Crippen MR) is 174 cm³/mol. The van der Waals surface area contributed by atoms with Crippen LogP contribution in [0.2, 0.25) is 23.2 Å². The zero-order chi connectivity index (χ0) is 30.8. The van der Waals surface area contributed by atoms with Gasteiger partial charge in [-0.25, -0.2) is 4.98 Å². The van der Waals surface area contributed by atoms with Crippen molar-refractivity contribution in [1.29, 1.82) is 0 Å². The lowest BCUT2D eigenvalue weighted by atomic mass is 10.1. The Hall–Kier alpha value is -1.80. The summed E-state index contributed by atoms with van der Waals surface area (Å²) >= 11 is 10.3. The number of hydrogen-bond acceptors (Lipinski definition) is 9. The number of nitrogens with one attached hydrogen (secondary N) is 1. The van der Waals surface area contributed by atoms with Crippen molar-refractivity contribution in [3.63, 3.8) is 0 Å². The Morgan fingerprint density at radius 2 is 1.82 bits per heavy atom. The van der Waals surface area contributed by atoms with Gasteiger partial charge in [0.1, 0.15) is 29.8 Å². The molecule has 0 spiro atoms. The van der Waals surface area contributed by atoms with Gasteiger partial charge < -0.3 is 28.7 Å². The molecule has 238 valence electrons. The SMILES string of the molecule is CC(C)(C)[Si](C)(C)O[C@@H]1CO[C@H]2[C@@H]1OC[C@H]2Oc1nc2cc(Cl)c(NC3CCc4cc(Br)cnc43)nc2n1C1CCCCO1. The Labute approximate surface area is 272 Å². The van der Waals surface area contributed by atoms with Gasteiger partial charge in [-0.15, -0.1) is 0 Å². The second-order valence-electron chi connectivity index (χ2n) is 13.8. The summed E-state index contributed by atoms with van der Waals surface area (Å²) in [5.74, 6) is 0.597. The molecule has 0 bridgehead atoms. The molecule has 0 aromatic carbocycles. The molecule has 4 aliphatic rings. The minimum Gasteiger partial charge on any atom is -0.456 e. The summed E-state index contributed by atoms with van der Waals surface area (Å²) in [5, 5.41) is 4.16. The summed E-state index contributed by atoms with van der Waals surface area (Å²) in [7, 11) is -1.99. The Bertz CT molecular complexity index is 1540. The molecular formula is C31H41BrClN5O5Si. The van der Waals surface area contributed by atoms with E-state index in [0.717, 1.165) is 42.3 Å². The first-order chi connectivity index (χ1) is 21.0. The van der Waals surface area contributed by atoms with Gasteiger partial charge in [0.25, 0.3) is 0 Å². The van der Waals surface area contributed by atoms with E-state index in [1.807, 2.05) is 16.8 Å². The average molecular weight is 707 g/mol. The summed E-state index contributed by atoms with van der Waals surface area (Å²) in [6.45, 7) is 12.8. The van der Waals surface area contributed by atoms with Crippen LogP contribution in [-0.2, 0) is 25.1 Å². The molecule has 3 aromatic rings. The molecule has 3 aromatic heterocycles. The van der Waals surface area contributed by atoms with Gasteiger partial charge in [0.2, 0.25) is 0 Å². The van der Waals surface area contributed by atoms with Crippen molar-refractivity contribution in [2.45, 2.75) is 108 Å². The smallest absolute Gasteiger partial charge is 0.301 e. The Morgan fingerprint density at radius 3 is 2.57 bits per heavy atom. The lowest BCUT2D eigenvalue weighted by molar-refractivity contribution is -0.0406. The molecular weight excluding hydrogens is 666 g/mol. The molecule has 10 nitrogen and oxygen atoms in total. The first kappa shape index (κ1) is 30.8. The van der Waals surface area contributed by atoms with Crippen LogP contribution in [-0.4, -0.2) is 72.1 Å². The zero-order valence-electron chi connectivity index (χ0n) is 25.9. The summed E-state index contributed by atoms with van der Waals surface area (Å²) in [5.41, 5.74) is 3.58. The van der Waals surface area contributed by atoms with Gasteiger partial charge >= 0.3 is 6.01 Å². The number of fused-ring (bicyclic) bond motifs is 3. The van der Waals surface area contributed by atoms with Crippen LogP contribution in [0.1, 0.15) is 70.0 Å². The lowest BCUT2D eigenvalue weighted by Gasteiger charge is -2.39. The fourth-order valence-electron chi connectivity index (χ4n) is 6.42. The normalized spacial score (nSPS) is 28.8. The number of aromatic nitrogens is 4. The molecule has 44 heavy (non-hydrogen) atoms. The van der Waals surface area contributed by atoms with Crippen LogP contribution in [0, 0.1) is 0 Å². The number of anilines is 1. The molecule has 0 amide bonds. The number of rotatable bonds is 7. The Morgan fingerprint density at radius 1 is 1.05 bits per heavy atom. The lowest BCUT2D eigenvalue weighted by Crippen LogP contribution is -2.47. The van der Waals surface area contributed by atoms with Crippen LogP contribution in [0.3, 0.4) is 0 Å². The van der Waals surface area contributed by atoms with E-state index in [-0.39, 0.29) is 41.7 Å². The monoisotopic (exact) mass is 705 g/mol. The van der Waals surface area contributed by atoms with Crippen molar-refractivity contribution in [2.75, 3.05) is 25.1 Å². The van der Waals surface area contributed by atoms with E-state index in [4.69, 9.17) is 44.9 Å². The molecule has 3 fully saturated rings. The maximum Gasteiger partial charge on any atom is 0.301 e. The fourth-order valence-corrected chi connectivity index (χ4v) is 8.31. The van der Waals surface area contributed by atoms with E-state index in [2.05, 4.69) is 66.2 Å². The summed E-state index contributed by atoms with van der Waals surface area (Å²) < 4.78 is 35.1. The first-order valence-corrected chi connectivity index (χ1v) is 19.7. The minimum atomic E-state index is -1.99. The van der Waals surface area contributed by atoms with Crippen molar-refractivity contribution < 1.29 is 23.4 Å². The van der Waals surface area contributed by atoms with Crippen molar-refractivity contribution in [1.82, 2.24) is 19.5 Å². The summed E-state index contributed by atoms with van der Waals surface area (Å²) in [6.07, 6.45) is 5.51. The number of ether oxygens (including phenoxy) is 4. The molecule has 1 aliphatic carbocycles. The van der Waals surface area contributed by atoms with Crippen LogP contribution < -0.4 is 10.1 Å². The number of imidazole rings is 1. The zero-order valence-corrected chi connectivity index (χ0v) is 29.3. The predicted octanol–water partition coefficient (Wildman–Crippen LogP) is 6.98. The number of hydrogen-bond donors (Lipinski definition) is 1. The highest BCUT2D eigenvalue weighted by Gasteiger charge is 2.52. The van der Waals surface area contributed by atoms with Gasteiger partial charge in [-0.1, -0.05) is 32.4 Å². The fraction of sp³-hybridized carbons (Fsp3) is 0.645. The molecule has 2 unspecified atom stereocenters. The van der Waals surface area contributed by atoms with E-state index in [0.29, 0.717) is 47.8 Å². The van der Waals surface area contributed by atoms with Crippen molar-refractivity contribution in [2.24, 2.45) is 0 Å². The first-order valence-electron chi connectivity index (χ1n) is 15.7. The van der Waals surface area contributed by atoms with E-state index in [1.165, 1.54) is 5.56 Å². The molecule has 6 heterocycles. The highest BCUT2D eigenvalue weighted by molar-refractivity contribution is 9.10. The third-order valence-corrected chi connectivity index (χ3v) is 15.0. The maximum atomic E-state index is 6.80. The number of pyridine rings is 2. The van der Waals surface area contributed by atoms with Crippen molar-refractivity contribution in [3.05, 3.63) is 39.1 Å². The minimum absolute atomic E-state index is 0.0205. The summed E-state index contributed by atoms with van der Waals surface area (Å²) in [4.78, 5) is 14.6. The van der Waals surface area contributed by atoms with Crippen LogP contribution in [0.5, 0.6) is 6.01 Å². The topological polar surface area (TPSA) is 102 Å². The number of nitrogens with zero attached hydrogens (tertiary/aromatic N) is 4. The molecule has 3 saturated heterocycles. The third-order valence-electron chi connectivity index (χ3n) is 9.81. The van der Waals surface area contributed by atoms with Crippen LogP contribution in [0.4, 0.5) is 5.82 Å². The third kappa shape index (κ3) is 5.69. The highest BCUT2D eigenvalue weighted by atomic mass is 79.9. The Balaban J connectivity index is 1.16.